The number of phenolic OH excluding ortho intramolecular Hbond substituents is 1. The minimum Gasteiger partial charge on any atom is -0.507 e. The molecule has 1 saturated heterocycles. The summed E-state index contributed by atoms with van der Waals surface area (Å²) in [7, 11) is 3.03. The van der Waals surface area contributed by atoms with Crippen LogP contribution in [0.1, 0.15) is 17.2 Å². The molecule has 32 heavy (non-hydrogen) atoms. The molecule has 1 amide bonds. The summed E-state index contributed by atoms with van der Waals surface area (Å²) in [6.07, 6.45) is 0. The average Bonchev–Trinajstić information content (AvgIpc) is 3.09. The Morgan fingerprint density at radius 3 is 2.22 bits per heavy atom. The zero-order chi connectivity index (χ0) is 22.8. The Hall–Kier alpha value is -4.26. The number of Topliss-reactive ketones (excluding diaryl/α,β-unsaturated/α-hetero) is 1. The number of hydrogen-bond acceptors (Lipinski definition) is 6. The van der Waals surface area contributed by atoms with Gasteiger partial charge in [0.05, 0.1) is 31.5 Å². The van der Waals surface area contributed by atoms with Crippen molar-refractivity contribution in [2.75, 3.05) is 19.1 Å². The highest BCUT2D eigenvalue weighted by molar-refractivity contribution is 6.51. The summed E-state index contributed by atoms with van der Waals surface area (Å²) in [5, 5.41) is 21.5. The molecule has 4 rings (SSSR count). The number of hydrogen-bond donors (Lipinski definition) is 2. The van der Waals surface area contributed by atoms with Gasteiger partial charge in [0.25, 0.3) is 11.7 Å². The van der Waals surface area contributed by atoms with Gasteiger partial charge in [0.1, 0.15) is 23.0 Å². The third-order valence-corrected chi connectivity index (χ3v) is 5.36. The summed E-state index contributed by atoms with van der Waals surface area (Å²) in [5.41, 5.74) is 0.976. The summed E-state index contributed by atoms with van der Waals surface area (Å²) in [5.74, 6) is -1.08. The summed E-state index contributed by atoms with van der Waals surface area (Å²) < 4.78 is 10.5. The highest BCUT2D eigenvalue weighted by Crippen LogP contribution is 2.45. The van der Waals surface area contributed by atoms with E-state index in [9.17, 15) is 19.8 Å². The van der Waals surface area contributed by atoms with Crippen molar-refractivity contribution >= 4 is 23.1 Å². The molecule has 1 unspecified atom stereocenters. The van der Waals surface area contributed by atoms with Gasteiger partial charge in [0.2, 0.25) is 0 Å². The SMILES string of the molecule is COc1ccc(/C(O)=C2/C(=O)C(=O)N(c3ccccc3O)C2c2cccc(OC)c2)cc1. The fourth-order valence-electron chi connectivity index (χ4n) is 3.78. The van der Waals surface area contributed by atoms with Crippen molar-refractivity contribution in [2.45, 2.75) is 6.04 Å². The smallest absolute Gasteiger partial charge is 0.300 e. The third kappa shape index (κ3) is 3.54. The van der Waals surface area contributed by atoms with E-state index >= 15 is 0 Å². The predicted molar refractivity (Wildman–Crippen MR) is 119 cm³/mol. The van der Waals surface area contributed by atoms with Gasteiger partial charge < -0.3 is 19.7 Å². The second-order valence-electron chi connectivity index (χ2n) is 7.16. The zero-order valence-electron chi connectivity index (χ0n) is 17.5. The molecule has 3 aromatic rings. The van der Waals surface area contributed by atoms with E-state index in [1.54, 1.807) is 66.7 Å². The van der Waals surface area contributed by atoms with Crippen LogP contribution in [-0.4, -0.2) is 36.1 Å². The summed E-state index contributed by atoms with van der Waals surface area (Å²) >= 11 is 0. The number of carbonyl (C=O) groups excluding carboxylic acids is 2. The van der Waals surface area contributed by atoms with Gasteiger partial charge in [-0.3, -0.25) is 14.5 Å². The Morgan fingerprint density at radius 1 is 0.875 bits per heavy atom. The molecular formula is C25H21NO6. The molecular weight excluding hydrogens is 410 g/mol. The minimum atomic E-state index is -0.972. The molecule has 162 valence electrons. The van der Waals surface area contributed by atoms with Crippen LogP contribution in [0.25, 0.3) is 5.76 Å². The number of amides is 1. The molecule has 0 bridgehead atoms. The van der Waals surface area contributed by atoms with Crippen molar-refractivity contribution in [3.63, 3.8) is 0 Å². The van der Waals surface area contributed by atoms with Crippen molar-refractivity contribution in [2.24, 2.45) is 0 Å². The predicted octanol–water partition coefficient (Wildman–Crippen LogP) is 4.04. The fraction of sp³-hybridized carbons (Fsp3) is 0.120. The number of aromatic hydroxyl groups is 1. The standard InChI is InChI=1S/C25H21NO6/c1-31-17-12-10-15(11-13-17)23(28)21-22(16-6-5-7-18(14-16)32-2)26(25(30)24(21)29)19-8-3-4-9-20(19)27/h3-14,22,27-28H,1-2H3/b23-21-. The molecule has 0 saturated carbocycles. The average molecular weight is 431 g/mol. The first-order valence-electron chi connectivity index (χ1n) is 9.83. The van der Waals surface area contributed by atoms with Crippen LogP contribution in [0.4, 0.5) is 5.69 Å². The molecule has 1 heterocycles. The largest absolute Gasteiger partial charge is 0.507 e. The number of ketones is 1. The normalized spacial score (nSPS) is 17.4. The van der Waals surface area contributed by atoms with E-state index < -0.39 is 17.7 Å². The molecule has 0 aliphatic carbocycles. The molecule has 1 atom stereocenters. The number of rotatable bonds is 5. The number of ether oxygens (including phenoxy) is 2. The lowest BCUT2D eigenvalue weighted by atomic mass is 9.95. The van der Waals surface area contributed by atoms with Crippen molar-refractivity contribution in [1.29, 1.82) is 0 Å². The van der Waals surface area contributed by atoms with Gasteiger partial charge in [-0.15, -0.1) is 0 Å². The van der Waals surface area contributed by atoms with Gasteiger partial charge in [-0.25, -0.2) is 0 Å². The van der Waals surface area contributed by atoms with E-state index in [0.29, 0.717) is 22.6 Å². The summed E-state index contributed by atoms with van der Waals surface area (Å²) in [6, 6.07) is 18.7. The number of aliphatic hydroxyl groups excluding tert-OH is 1. The number of aliphatic hydroxyl groups is 1. The van der Waals surface area contributed by atoms with E-state index in [1.807, 2.05) is 0 Å². The molecule has 7 nitrogen and oxygen atoms in total. The quantitative estimate of drug-likeness (QED) is 0.360. The van der Waals surface area contributed by atoms with E-state index in [2.05, 4.69) is 0 Å². The van der Waals surface area contributed by atoms with Crippen LogP contribution in [0.3, 0.4) is 0 Å². The number of phenols is 1. The van der Waals surface area contributed by atoms with Crippen molar-refractivity contribution in [3.05, 3.63) is 89.5 Å². The molecule has 1 fully saturated rings. The van der Waals surface area contributed by atoms with Crippen molar-refractivity contribution in [1.82, 2.24) is 0 Å². The van der Waals surface area contributed by atoms with Crippen LogP contribution >= 0.6 is 0 Å². The van der Waals surface area contributed by atoms with Crippen LogP contribution < -0.4 is 14.4 Å². The number of anilines is 1. The van der Waals surface area contributed by atoms with Gasteiger partial charge in [0, 0.05) is 5.56 Å². The molecule has 7 heteroatoms. The summed E-state index contributed by atoms with van der Waals surface area (Å²) in [6.45, 7) is 0. The number of methoxy groups -OCH3 is 2. The first-order chi connectivity index (χ1) is 15.5. The van der Waals surface area contributed by atoms with Crippen molar-refractivity contribution in [3.8, 4) is 17.2 Å². The van der Waals surface area contributed by atoms with Gasteiger partial charge in [-0.2, -0.15) is 0 Å². The number of nitrogens with zero attached hydrogens (tertiary/aromatic N) is 1. The number of benzene rings is 3. The number of para-hydroxylation sites is 2. The monoisotopic (exact) mass is 431 g/mol. The van der Waals surface area contributed by atoms with E-state index in [0.717, 1.165) is 0 Å². The van der Waals surface area contributed by atoms with E-state index in [4.69, 9.17) is 9.47 Å². The molecule has 3 aromatic carbocycles. The first-order valence-corrected chi connectivity index (χ1v) is 9.83. The Bertz CT molecular complexity index is 1220. The molecule has 2 N–H and O–H groups in total. The third-order valence-electron chi connectivity index (χ3n) is 5.36. The van der Waals surface area contributed by atoms with Crippen LogP contribution in [-0.2, 0) is 9.59 Å². The fourth-order valence-corrected chi connectivity index (χ4v) is 3.78. The van der Waals surface area contributed by atoms with Crippen molar-refractivity contribution < 1.29 is 29.3 Å². The van der Waals surface area contributed by atoms with Gasteiger partial charge in [0.15, 0.2) is 0 Å². The van der Waals surface area contributed by atoms with Crippen LogP contribution in [0.5, 0.6) is 17.2 Å². The lowest BCUT2D eigenvalue weighted by molar-refractivity contribution is -0.132. The Kier molecular flexibility index (Phi) is 5.55. The first kappa shape index (κ1) is 21.0. The van der Waals surface area contributed by atoms with Gasteiger partial charge in [-0.1, -0.05) is 24.3 Å². The molecule has 1 aliphatic rings. The van der Waals surface area contributed by atoms with Crippen LogP contribution in [0.15, 0.2) is 78.4 Å². The lowest BCUT2D eigenvalue weighted by Crippen LogP contribution is -2.29. The Morgan fingerprint density at radius 2 is 1.56 bits per heavy atom. The second-order valence-corrected chi connectivity index (χ2v) is 7.16. The highest BCUT2D eigenvalue weighted by Gasteiger charge is 2.47. The molecule has 1 aliphatic heterocycles. The molecule has 0 spiro atoms. The lowest BCUT2D eigenvalue weighted by Gasteiger charge is -2.26. The summed E-state index contributed by atoms with van der Waals surface area (Å²) in [4.78, 5) is 27.4. The molecule has 0 radical (unpaired) electrons. The molecule has 0 aromatic heterocycles. The minimum absolute atomic E-state index is 0.0864. The van der Waals surface area contributed by atoms with Crippen LogP contribution in [0.2, 0.25) is 0 Å². The number of carbonyl (C=O) groups is 2. The van der Waals surface area contributed by atoms with Gasteiger partial charge in [-0.05, 0) is 54.1 Å². The van der Waals surface area contributed by atoms with E-state index in [-0.39, 0.29) is 22.8 Å². The highest BCUT2D eigenvalue weighted by atomic mass is 16.5. The van der Waals surface area contributed by atoms with Crippen LogP contribution in [0, 0.1) is 0 Å². The topological polar surface area (TPSA) is 96.3 Å². The Balaban J connectivity index is 1.95. The second kappa shape index (κ2) is 8.47. The van der Waals surface area contributed by atoms with Gasteiger partial charge >= 0.3 is 0 Å². The maximum absolute atomic E-state index is 13.1. The Labute approximate surface area is 184 Å². The van der Waals surface area contributed by atoms with E-state index in [1.165, 1.54) is 25.2 Å². The maximum atomic E-state index is 13.1. The maximum Gasteiger partial charge on any atom is 0.300 e. The zero-order valence-corrected chi connectivity index (χ0v) is 17.5.